The maximum Gasteiger partial charge on any atom is 0.168 e. The van der Waals surface area contributed by atoms with Gasteiger partial charge in [0.25, 0.3) is 0 Å². The fraction of sp³-hybridized carbons (Fsp3) is 0.138. The van der Waals surface area contributed by atoms with Crippen molar-refractivity contribution in [2.24, 2.45) is 0 Å². The van der Waals surface area contributed by atoms with Crippen LogP contribution in [-0.4, -0.2) is 34.7 Å². The summed E-state index contributed by atoms with van der Waals surface area (Å²) < 4.78 is 3.55. The lowest BCUT2D eigenvalue weighted by Crippen LogP contribution is -2.09. The van der Waals surface area contributed by atoms with Gasteiger partial charge < -0.3 is 0 Å². The summed E-state index contributed by atoms with van der Waals surface area (Å²) in [6, 6.07) is 18.5. The second-order valence-electron chi connectivity index (χ2n) is 9.90. The average Bonchev–Trinajstić information content (AvgIpc) is 3.30. The Kier molecular flexibility index (Phi) is 7.25. The highest BCUT2D eigenvalue weighted by molar-refractivity contribution is 7.14. The molecule has 3 aromatic carbocycles. The zero-order valence-corrected chi connectivity index (χ0v) is 26.1. The summed E-state index contributed by atoms with van der Waals surface area (Å²) in [6.45, 7) is 0.377. The first-order chi connectivity index (χ1) is 20.3. The zero-order chi connectivity index (χ0) is 29.0. The highest BCUT2D eigenvalue weighted by Crippen LogP contribution is 2.57. The number of rotatable bonds is 7. The molecule has 42 heavy (non-hydrogen) atoms. The molecule has 1 fully saturated rings. The van der Waals surface area contributed by atoms with Gasteiger partial charge in [-0.2, -0.15) is 10.2 Å². The zero-order valence-electron chi connectivity index (χ0n) is 21.5. The molecule has 0 N–H and O–H groups in total. The molecule has 0 saturated heterocycles. The molecule has 1 saturated carbocycles. The quantitative estimate of drug-likeness (QED) is 0.169. The third kappa shape index (κ3) is 5.00. The summed E-state index contributed by atoms with van der Waals surface area (Å²) in [7, 11) is 0. The molecule has 0 aliphatic heterocycles. The van der Waals surface area contributed by atoms with Gasteiger partial charge in [0.1, 0.15) is 23.4 Å². The first-order valence-electron chi connectivity index (χ1n) is 12.8. The van der Waals surface area contributed by atoms with Crippen LogP contribution in [0.1, 0.15) is 29.0 Å². The summed E-state index contributed by atoms with van der Waals surface area (Å²) in [5, 5.41) is 23.1. The Hall–Kier alpha value is -2.98. The van der Waals surface area contributed by atoms with Gasteiger partial charge in [-0.05, 0) is 60.9 Å². The van der Waals surface area contributed by atoms with Gasteiger partial charge in [0.05, 0.1) is 28.4 Å². The largest absolute Gasteiger partial charge is 0.248 e. The molecular weight excluding hydrogens is 656 g/mol. The van der Waals surface area contributed by atoms with Crippen molar-refractivity contribution < 1.29 is 0 Å². The van der Waals surface area contributed by atoms with Crippen molar-refractivity contribution in [1.82, 2.24) is 34.7 Å². The maximum absolute atomic E-state index is 6.72. The van der Waals surface area contributed by atoms with Gasteiger partial charge in [0.15, 0.2) is 5.01 Å². The number of nitrogens with zero attached hydrogens (tertiary/aromatic N) is 7. The minimum absolute atomic E-state index is 0.301. The number of hydrogen-bond donors (Lipinski definition) is 0. The van der Waals surface area contributed by atoms with Gasteiger partial charge in [-0.15, -0.1) is 10.2 Å². The van der Waals surface area contributed by atoms with Gasteiger partial charge in [0.2, 0.25) is 0 Å². The average molecular weight is 674 g/mol. The van der Waals surface area contributed by atoms with E-state index in [1.165, 1.54) is 17.7 Å². The minimum atomic E-state index is -0.301. The SMILES string of the molecule is Clc1ccc(-c2c(Cn3cncn3)c(-c3nnc(C4(c5ccc(Cl)cc5Cl)CC4)s3)nn2-c2ccc(Cl)cc2Cl)cc1. The fourth-order valence-corrected chi connectivity index (χ4v) is 7.41. The van der Waals surface area contributed by atoms with E-state index in [0.29, 0.717) is 48.0 Å². The van der Waals surface area contributed by atoms with Crippen molar-refractivity contribution in [3.63, 3.8) is 0 Å². The third-order valence-electron chi connectivity index (χ3n) is 7.26. The molecule has 0 atom stereocenters. The molecular formula is C29H18Cl5N7S. The summed E-state index contributed by atoms with van der Waals surface area (Å²) in [5.41, 5.74) is 4.57. The molecule has 0 bridgehead atoms. The van der Waals surface area contributed by atoms with Crippen LogP contribution in [0.25, 0.3) is 27.6 Å². The van der Waals surface area contributed by atoms with E-state index in [1.807, 2.05) is 47.1 Å². The molecule has 13 heteroatoms. The van der Waals surface area contributed by atoms with Crippen LogP contribution in [0.4, 0.5) is 0 Å². The van der Waals surface area contributed by atoms with Crippen LogP contribution >= 0.6 is 69.3 Å². The Balaban J connectivity index is 1.43. The molecule has 3 aromatic heterocycles. The topological polar surface area (TPSA) is 74.3 Å². The van der Waals surface area contributed by atoms with E-state index < -0.39 is 0 Å². The Morgan fingerprint density at radius 1 is 0.810 bits per heavy atom. The van der Waals surface area contributed by atoms with Crippen LogP contribution in [-0.2, 0) is 12.0 Å². The van der Waals surface area contributed by atoms with Gasteiger partial charge >= 0.3 is 0 Å². The minimum Gasteiger partial charge on any atom is -0.248 e. The smallest absolute Gasteiger partial charge is 0.168 e. The highest BCUT2D eigenvalue weighted by Gasteiger charge is 2.50. The number of benzene rings is 3. The lowest BCUT2D eigenvalue weighted by Gasteiger charge is -2.14. The third-order valence-corrected chi connectivity index (χ3v) is 9.73. The molecule has 7 rings (SSSR count). The first-order valence-corrected chi connectivity index (χ1v) is 15.5. The Labute approximate surface area is 269 Å². The summed E-state index contributed by atoms with van der Waals surface area (Å²) in [6.07, 6.45) is 4.99. The number of aromatic nitrogens is 7. The van der Waals surface area contributed by atoms with Crippen LogP contribution in [0.15, 0.2) is 73.3 Å². The molecule has 6 aromatic rings. The molecule has 1 aliphatic carbocycles. The molecule has 210 valence electrons. The van der Waals surface area contributed by atoms with Crippen LogP contribution in [0.5, 0.6) is 0 Å². The van der Waals surface area contributed by atoms with Crippen LogP contribution in [0.2, 0.25) is 25.1 Å². The molecule has 3 heterocycles. The van der Waals surface area contributed by atoms with Crippen molar-refractivity contribution >= 4 is 69.3 Å². The van der Waals surface area contributed by atoms with Gasteiger partial charge in [-0.25, -0.2) is 14.3 Å². The molecule has 0 spiro atoms. The lowest BCUT2D eigenvalue weighted by molar-refractivity contribution is 0.686. The van der Waals surface area contributed by atoms with Gasteiger partial charge in [0, 0.05) is 31.2 Å². The summed E-state index contributed by atoms with van der Waals surface area (Å²) >= 11 is 33.6. The predicted octanol–water partition coefficient (Wildman–Crippen LogP) is 9.04. The number of halogens is 5. The van der Waals surface area contributed by atoms with Crippen molar-refractivity contribution in [1.29, 1.82) is 0 Å². The molecule has 1 aliphatic rings. The van der Waals surface area contributed by atoms with E-state index >= 15 is 0 Å². The summed E-state index contributed by atoms with van der Waals surface area (Å²) in [5.74, 6) is 0. The fourth-order valence-electron chi connectivity index (χ4n) is 5.09. The van der Waals surface area contributed by atoms with Crippen molar-refractivity contribution in [2.45, 2.75) is 24.8 Å². The monoisotopic (exact) mass is 671 g/mol. The second kappa shape index (κ2) is 10.9. The standard InChI is InChI=1S/C29H18Cl5N7S/c30-17-3-1-16(2-4-17)26-20(13-40-15-35-14-36-40)25(39-41(26)24-8-6-19(32)12-23(24)34)27-37-38-28(42-27)29(9-10-29)21-7-5-18(31)11-22(21)33/h1-8,11-12,14-15H,9-10,13H2. The van der Waals surface area contributed by atoms with Crippen LogP contribution < -0.4 is 0 Å². The van der Waals surface area contributed by atoms with E-state index in [2.05, 4.69) is 20.3 Å². The van der Waals surface area contributed by atoms with E-state index in [4.69, 9.17) is 63.1 Å². The predicted molar refractivity (Wildman–Crippen MR) is 169 cm³/mol. The molecule has 0 radical (unpaired) electrons. The van der Waals surface area contributed by atoms with Crippen LogP contribution in [0, 0.1) is 0 Å². The van der Waals surface area contributed by atoms with Crippen molar-refractivity contribution in [2.75, 3.05) is 0 Å². The van der Waals surface area contributed by atoms with E-state index in [0.717, 1.165) is 40.2 Å². The van der Waals surface area contributed by atoms with Crippen molar-refractivity contribution in [3.05, 3.63) is 115 Å². The highest BCUT2D eigenvalue weighted by atomic mass is 35.5. The first kappa shape index (κ1) is 27.8. The number of hydrogen-bond acceptors (Lipinski definition) is 6. The molecule has 0 unspecified atom stereocenters. The molecule has 0 amide bonds. The van der Waals surface area contributed by atoms with Crippen LogP contribution in [0.3, 0.4) is 0 Å². The van der Waals surface area contributed by atoms with Gasteiger partial charge in [-0.3, -0.25) is 0 Å². The van der Waals surface area contributed by atoms with E-state index in [1.54, 1.807) is 29.2 Å². The van der Waals surface area contributed by atoms with E-state index in [9.17, 15) is 0 Å². The van der Waals surface area contributed by atoms with Gasteiger partial charge in [-0.1, -0.05) is 87.5 Å². The Morgan fingerprint density at radius 3 is 2.19 bits per heavy atom. The van der Waals surface area contributed by atoms with Crippen molar-refractivity contribution in [3.8, 4) is 27.6 Å². The Morgan fingerprint density at radius 2 is 1.52 bits per heavy atom. The second-order valence-corrected chi connectivity index (χ2v) is 13.0. The normalized spacial score (nSPS) is 13.9. The Bertz CT molecular complexity index is 1930. The molecule has 7 nitrogen and oxygen atoms in total. The maximum atomic E-state index is 6.72. The lowest BCUT2D eigenvalue weighted by atomic mass is 9.97. The van der Waals surface area contributed by atoms with E-state index in [-0.39, 0.29) is 5.41 Å². The summed E-state index contributed by atoms with van der Waals surface area (Å²) in [4.78, 5) is 4.14.